The van der Waals surface area contributed by atoms with Crippen molar-refractivity contribution in [2.24, 2.45) is 7.05 Å². The van der Waals surface area contributed by atoms with E-state index in [1.54, 1.807) is 13.1 Å². The van der Waals surface area contributed by atoms with Gasteiger partial charge in [0.15, 0.2) is 11.6 Å². The number of anilines is 1. The Morgan fingerprint density at radius 3 is 2.68 bits per heavy atom. The summed E-state index contributed by atoms with van der Waals surface area (Å²) in [5, 5.41) is 14.1. The first-order valence-electron chi connectivity index (χ1n) is 11.7. The molecule has 2 aromatic heterocycles. The predicted octanol–water partition coefficient (Wildman–Crippen LogP) is 3.16. The average Bonchev–Trinajstić information content (AvgIpc) is 3.32. The molecular weight excluding hydrogens is 484 g/mol. The van der Waals surface area contributed by atoms with Crippen LogP contribution in [0.3, 0.4) is 0 Å². The highest BCUT2D eigenvalue weighted by Gasteiger charge is 2.24. The second-order valence-corrected chi connectivity index (χ2v) is 8.70. The highest BCUT2D eigenvalue weighted by Crippen LogP contribution is 2.27. The quantitative estimate of drug-likeness (QED) is 0.390. The number of methoxy groups -OCH3 is 1. The highest BCUT2D eigenvalue weighted by atomic mass is 19.1. The van der Waals surface area contributed by atoms with E-state index in [4.69, 9.17) is 9.47 Å². The van der Waals surface area contributed by atoms with Crippen molar-refractivity contribution in [2.45, 2.75) is 24.9 Å². The van der Waals surface area contributed by atoms with Crippen molar-refractivity contribution in [1.82, 2.24) is 30.3 Å². The number of aryl methyl sites for hydroxylation is 1. The van der Waals surface area contributed by atoms with Gasteiger partial charge in [-0.2, -0.15) is 0 Å². The van der Waals surface area contributed by atoms with Crippen molar-refractivity contribution in [3.05, 3.63) is 71.2 Å². The van der Waals surface area contributed by atoms with E-state index in [0.717, 1.165) is 18.9 Å². The Hall–Kier alpha value is -4.19. The summed E-state index contributed by atoms with van der Waals surface area (Å²) in [4.78, 5) is 22.0. The molecule has 0 radical (unpaired) electrons. The van der Waals surface area contributed by atoms with Gasteiger partial charge in [-0.1, -0.05) is 11.3 Å². The molecular formula is C25H25F2N7O3. The minimum atomic E-state index is -0.817. The number of nitrogens with one attached hydrogen (secondary N) is 2. The van der Waals surface area contributed by atoms with Gasteiger partial charge >= 0.3 is 0 Å². The fourth-order valence-corrected chi connectivity index (χ4v) is 4.28. The lowest BCUT2D eigenvalue weighted by Gasteiger charge is -2.23. The molecule has 0 bridgehead atoms. The summed E-state index contributed by atoms with van der Waals surface area (Å²) in [6.07, 6.45) is 4.49. The smallest absolute Gasteiger partial charge is 0.252 e. The fraction of sp³-hybridized carbons (Fsp3) is 0.320. The number of benzene rings is 2. The van der Waals surface area contributed by atoms with Crippen molar-refractivity contribution in [3.63, 3.8) is 0 Å². The maximum Gasteiger partial charge on any atom is 0.252 e. The molecule has 10 nitrogen and oxygen atoms in total. The number of carbonyl (C=O) groups is 1. The Kier molecular flexibility index (Phi) is 6.91. The molecule has 0 saturated carbocycles. The minimum Gasteiger partial charge on any atom is -0.494 e. The van der Waals surface area contributed by atoms with E-state index in [1.165, 1.54) is 42.4 Å². The van der Waals surface area contributed by atoms with Crippen LogP contribution in [0.4, 0.5) is 14.7 Å². The summed E-state index contributed by atoms with van der Waals surface area (Å²) in [6.45, 7) is 1.30. The number of amides is 1. The van der Waals surface area contributed by atoms with Crippen molar-refractivity contribution >= 4 is 22.8 Å². The zero-order chi connectivity index (χ0) is 25.9. The number of hydrogen-bond donors (Lipinski definition) is 2. The number of aromatic nitrogens is 5. The second kappa shape index (κ2) is 10.4. The van der Waals surface area contributed by atoms with Crippen LogP contribution in [0.1, 0.15) is 40.5 Å². The first-order chi connectivity index (χ1) is 17.9. The van der Waals surface area contributed by atoms with Gasteiger partial charge in [0.1, 0.15) is 5.82 Å². The molecule has 2 N–H and O–H groups in total. The largest absolute Gasteiger partial charge is 0.494 e. The first-order valence-corrected chi connectivity index (χ1v) is 11.7. The molecule has 5 rings (SSSR count). The SMILES string of the molecule is COc1ccc([C@H](NC(=O)c2cc(F)c3cnc(NC4CCOCC4)nc3c2)c2cnnn2C)cc1F. The van der Waals surface area contributed by atoms with Crippen molar-refractivity contribution in [3.8, 4) is 5.75 Å². The zero-order valence-electron chi connectivity index (χ0n) is 20.2. The number of rotatable bonds is 7. The van der Waals surface area contributed by atoms with Crippen LogP contribution < -0.4 is 15.4 Å². The molecule has 1 fully saturated rings. The molecule has 3 heterocycles. The summed E-state index contributed by atoms with van der Waals surface area (Å²) in [7, 11) is 3.02. The van der Waals surface area contributed by atoms with Gasteiger partial charge in [0.05, 0.1) is 35.9 Å². The van der Waals surface area contributed by atoms with Crippen molar-refractivity contribution < 1.29 is 23.0 Å². The lowest BCUT2D eigenvalue weighted by Crippen LogP contribution is -2.31. The summed E-state index contributed by atoms with van der Waals surface area (Å²) < 4.78 is 41.3. The van der Waals surface area contributed by atoms with E-state index in [9.17, 15) is 13.6 Å². The zero-order valence-corrected chi connectivity index (χ0v) is 20.2. The number of halogens is 2. The van der Waals surface area contributed by atoms with Crippen LogP contribution in [-0.4, -0.2) is 57.2 Å². The van der Waals surface area contributed by atoms with Crippen LogP contribution in [0, 0.1) is 11.6 Å². The minimum absolute atomic E-state index is 0.0508. The molecule has 1 atom stereocenters. The van der Waals surface area contributed by atoms with E-state index in [2.05, 4.69) is 30.9 Å². The van der Waals surface area contributed by atoms with Gasteiger partial charge in [-0.05, 0) is 42.7 Å². The van der Waals surface area contributed by atoms with Crippen LogP contribution in [0.2, 0.25) is 0 Å². The van der Waals surface area contributed by atoms with Crippen LogP contribution in [0.25, 0.3) is 10.9 Å². The number of fused-ring (bicyclic) bond motifs is 1. The van der Waals surface area contributed by atoms with E-state index >= 15 is 0 Å². The summed E-state index contributed by atoms with van der Waals surface area (Å²) in [6, 6.07) is 6.31. The van der Waals surface area contributed by atoms with Crippen molar-refractivity contribution in [1.29, 1.82) is 0 Å². The monoisotopic (exact) mass is 509 g/mol. The molecule has 1 aliphatic rings. The van der Waals surface area contributed by atoms with Crippen molar-refractivity contribution in [2.75, 3.05) is 25.6 Å². The fourth-order valence-electron chi connectivity index (χ4n) is 4.28. The standard InChI is InChI=1S/C25H25F2N7O3/c1-34-21(13-29-33-34)23(14-3-4-22(36-2)19(27)9-14)32-24(35)15-10-18(26)17-12-28-25(31-20(17)11-15)30-16-5-7-37-8-6-16/h3-4,9-13,16,23H,5-8H2,1-2H3,(H,32,35)(H,28,30,31)/t23-/m0/s1. The van der Waals surface area contributed by atoms with Crippen LogP contribution in [0.15, 0.2) is 42.7 Å². The van der Waals surface area contributed by atoms with Gasteiger partial charge in [0.25, 0.3) is 5.91 Å². The van der Waals surface area contributed by atoms with Gasteiger partial charge in [-0.3, -0.25) is 4.79 Å². The Balaban J connectivity index is 1.45. The lowest BCUT2D eigenvalue weighted by molar-refractivity contribution is 0.0903. The molecule has 0 unspecified atom stereocenters. The molecule has 37 heavy (non-hydrogen) atoms. The molecule has 0 aliphatic carbocycles. The topological polar surface area (TPSA) is 116 Å². The Morgan fingerprint density at radius 2 is 1.97 bits per heavy atom. The van der Waals surface area contributed by atoms with E-state index < -0.39 is 23.6 Å². The van der Waals surface area contributed by atoms with Gasteiger partial charge in [-0.15, -0.1) is 5.10 Å². The molecule has 2 aromatic carbocycles. The van der Waals surface area contributed by atoms with E-state index in [0.29, 0.717) is 30.4 Å². The van der Waals surface area contributed by atoms with Gasteiger partial charge in [0, 0.05) is 38.1 Å². The Bertz CT molecular complexity index is 1440. The van der Waals surface area contributed by atoms with E-state index in [1.807, 2.05) is 0 Å². The lowest BCUT2D eigenvalue weighted by atomic mass is 10.0. The van der Waals surface area contributed by atoms with Gasteiger partial charge < -0.3 is 20.1 Å². The van der Waals surface area contributed by atoms with Gasteiger partial charge in [0.2, 0.25) is 5.95 Å². The molecule has 1 saturated heterocycles. The maximum atomic E-state index is 14.9. The number of carbonyl (C=O) groups excluding carboxylic acids is 1. The molecule has 12 heteroatoms. The number of ether oxygens (including phenoxy) is 2. The van der Waals surface area contributed by atoms with Gasteiger partial charge in [-0.25, -0.2) is 23.4 Å². The van der Waals surface area contributed by atoms with Crippen LogP contribution >= 0.6 is 0 Å². The highest BCUT2D eigenvalue weighted by molar-refractivity contribution is 5.98. The third kappa shape index (κ3) is 5.19. The maximum absolute atomic E-state index is 14.9. The normalized spacial score (nSPS) is 14.9. The Morgan fingerprint density at radius 1 is 1.16 bits per heavy atom. The third-order valence-corrected chi connectivity index (χ3v) is 6.30. The van der Waals surface area contributed by atoms with Crippen LogP contribution in [-0.2, 0) is 11.8 Å². The summed E-state index contributed by atoms with van der Waals surface area (Å²) >= 11 is 0. The van der Waals surface area contributed by atoms with Crippen LogP contribution in [0.5, 0.6) is 5.75 Å². The predicted molar refractivity (Wildman–Crippen MR) is 130 cm³/mol. The molecule has 4 aromatic rings. The number of nitrogens with zero attached hydrogens (tertiary/aromatic N) is 5. The molecule has 0 spiro atoms. The second-order valence-electron chi connectivity index (χ2n) is 8.70. The molecule has 1 amide bonds. The summed E-state index contributed by atoms with van der Waals surface area (Å²) in [5.74, 6) is -1.38. The average molecular weight is 510 g/mol. The summed E-state index contributed by atoms with van der Waals surface area (Å²) in [5.41, 5.74) is 1.27. The molecule has 1 aliphatic heterocycles. The first kappa shape index (κ1) is 24.5. The number of hydrogen-bond acceptors (Lipinski definition) is 8. The van der Waals surface area contributed by atoms with E-state index in [-0.39, 0.29) is 28.3 Å². The third-order valence-electron chi connectivity index (χ3n) is 6.30. The molecule has 192 valence electrons. The Labute approximate surface area is 211 Å².